The predicted molar refractivity (Wildman–Crippen MR) is 110 cm³/mol. The Morgan fingerprint density at radius 2 is 1.83 bits per heavy atom. The molecule has 1 amide bonds. The lowest BCUT2D eigenvalue weighted by atomic mass is 10.0. The number of nitrogens with one attached hydrogen (secondary N) is 2. The summed E-state index contributed by atoms with van der Waals surface area (Å²) in [6, 6.07) is 10.1. The molecule has 2 N–H and O–H groups in total. The number of nitro benzene ring substituents is 1. The topological polar surface area (TPSA) is 104 Å². The molecular weight excluding hydrogens is 390 g/mol. The number of hydrogen-bond donors (Lipinski definition) is 2. The fourth-order valence-electron chi connectivity index (χ4n) is 3.91. The lowest BCUT2D eigenvalue weighted by Crippen LogP contribution is -3.11. The normalized spacial score (nSPS) is 18.0. The van der Waals surface area contributed by atoms with Crippen LogP contribution in [-0.4, -0.2) is 45.2 Å². The minimum Gasteiger partial charge on any atom is -0.497 e. The lowest BCUT2D eigenvalue weighted by Gasteiger charge is -2.23. The quantitative estimate of drug-likeness (QED) is 0.504. The molecular formula is C21H26N3O6+. The van der Waals surface area contributed by atoms with Gasteiger partial charge in [-0.25, -0.2) is 0 Å². The van der Waals surface area contributed by atoms with Crippen LogP contribution in [0.5, 0.6) is 17.2 Å². The van der Waals surface area contributed by atoms with E-state index in [4.69, 9.17) is 14.2 Å². The van der Waals surface area contributed by atoms with E-state index in [-0.39, 0.29) is 29.9 Å². The molecule has 2 aromatic rings. The van der Waals surface area contributed by atoms with Crippen molar-refractivity contribution in [1.29, 1.82) is 0 Å². The fourth-order valence-corrected chi connectivity index (χ4v) is 3.91. The molecule has 9 nitrogen and oxygen atoms in total. The zero-order valence-electron chi connectivity index (χ0n) is 17.3. The van der Waals surface area contributed by atoms with Gasteiger partial charge in [0.25, 0.3) is 11.6 Å². The Balaban J connectivity index is 1.77. The molecule has 1 aliphatic rings. The summed E-state index contributed by atoms with van der Waals surface area (Å²) in [5, 5.41) is 14.0. The summed E-state index contributed by atoms with van der Waals surface area (Å²) in [5.74, 6) is 1.56. The van der Waals surface area contributed by atoms with Crippen LogP contribution in [0.2, 0.25) is 0 Å². The van der Waals surface area contributed by atoms with Crippen LogP contribution in [0.1, 0.15) is 24.4 Å². The maximum atomic E-state index is 12.7. The molecule has 1 saturated heterocycles. The number of methoxy groups -OCH3 is 3. The van der Waals surface area contributed by atoms with Crippen LogP contribution in [0.4, 0.5) is 11.4 Å². The number of carbonyl (C=O) groups is 1. The van der Waals surface area contributed by atoms with Crippen molar-refractivity contribution >= 4 is 17.3 Å². The summed E-state index contributed by atoms with van der Waals surface area (Å²) in [7, 11) is 4.66. The van der Waals surface area contributed by atoms with E-state index in [1.165, 1.54) is 19.2 Å². The summed E-state index contributed by atoms with van der Waals surface area (Å²) in [6.07, 6.45) is 1.88. The van der Waals surface area contributed by atoms with Gasteiger partial charge in [-0.2, -0.15) is 0 Å². The maximum Gasteiger partial charge on any atom is 0.296 e. The van der Waals surface area contributed by atoms with Gasteiger partial charge in [0.2, 0.25) is 0 Å². The molecule has 1 aliphatic heterocycles. The van der Waals surface area contributed by atoms with Crippen molar-refractivity contribution in [2.45, 2.75) is 18.9 Å². The molecule has 3 rings (SSSR count). The summed E-state index contributed by atoms with van der Waals surface area (Å²) >= 11 is 0. The number of nitrogens with zero attached hydrogens (tertiary/aromatic N) is 1. The second-order valence-corrected chi connectivity index (χ2v) is 7.08. The largest absolute Gasteiger partial charge is 0.497 e. The first-order valence-corrected chi connectivity index (χ1v) is 9.65. The summed E-state index contributed by atoms with van der Waals surface area (Å²) < 4.78 is 15.9. The van der Waals surface area contributed by atoms with Gasteiger partial charge in [-0.05, 0) is 30.3 Å². The molecule has 30 heavy (non-hydrogen) atoms. The van der Waals surface area contributed by atoms with Crippen molar-refractivity contribution < 1.29 is 28.8 Å². The molecule has 160 valence electrons. The van der Waals surface area contributed by atoms with E-state index in [9.17, 15) is 14.9 Å². The van der Waals surface area contributed by atoms with Crippen molar-refractivity contribution in [3.05, 3.63) is 52.1 Å². The number of nitro groups is 1. The van der Waals surface area contributed by atoms with Gasteiger partial charge < -0.3 is 24.4 Å². The Morgan fingerprint density at radius 3 is 2.50 bits per heavy atom. The fraction of sp³-hybridized carbons (Fsp3) is 0.381. The highest BCUT2D eigenvalue weighted by atomic mass is 16.6. The van der Waals surface area contributed by atoms with Crippen molar-refractivity contribution in [3.8, 4) is 17.2 Å². The van der Waals surface area contributed by atoms with E-state index in [1.54, 1.807) is 20.3 Å². The zero-order valence-corrected chi connectivity index (χ0v) is 17.3. The number of amides is 1. The van der Waals surface area contributed by atoms with Crippen LogP contribution in [0.3, 0.4) is 0 Å². The Morgan fingerprint density at radius 1 is 1.13 bits per heavy atom. The van der Waals surface area contributed by atoms with Crippen molar-refractivity contribution in [3.63, 3.8) is 0 Å². The second kappa shape index (κ2) is 9.45. The molecule has 9 heteroatoms. The van der Waals surface area contributed by atoms with Gasteiger partial charge in [0, 0.05) is 12.8 Å². The zero-order chi connectivity index (χ0) is 21.7. The predicted octanol–water partition coefficient (Wildman–Crippen LogP) is 1.98. The maximum absolute atomic E-state index is 12.7. The van der Waals surface area contributed by atoms with Gasteiger partial charge in [0.05, 0.1) is 44.4 Å². The van der Waals surface area contributed by atoms with Crippen LogP contribution in [-0.2, 0) is 4.79 Å². The number of anilines is 1. The number of rotatable bonds is 8. The third-order valence-electron chi connectivity index (χ3n) is 5.36. The molecule has 2 atom stereocenters. The average Bonchev–Trinajstić information content (AvgIpc) is 3.20. The second-order valence-electron chi connectivity index (χ2n) is 7.08. The molecule has 1 unspecified atom stereocenters. The van der Waals surface area contributed by atoms with Crippen LogP contribution in [0.15, 0.2) is 36.4 Å². The standard InChI is InChI=1S/C21H25N3O6/c1-28-14-7-9-20(30-3)16(11-14)18-5-4-10-23(18)13-21(25)22-17-8-6-15(29-2)12-19(17)24(26)27/h6-9,11-12,18H,4-5,10,13H2,1-3H3,(H,22,25)/p+1/t18-/m1/s1. The molecule has 0 radical (unpaired) electrons. The van der Waals surface area contributed by atoms with Gasteiger partial charge in [0.1, 0.15) is 29.0 Å². The minimum atomic E-state index is -0.537. The number of ether oxygens (including phenoxy) is 3. The molecule has 2 aromatic carbocycles. The molecule has 0 bridgehead atoms. The Labute approximate surface area is 174 Å². The van der Waals surface area contributed by atoms with Crippen LogP contribution in [0, 0.1) is 10.1 Å². The van der Waals surface area contributed by atoms with Crippen LogP contribution >= 0.6 is 0 Å². The van der Waals surface area contributed by atoms with Gasteiger partial charge in [0.15, 0.2) is 6.54 Å². The number of carbonyl (C=O) groups excluding carboxylic acids is 1. The van der Waals surface area contributed by atoms with Crippen LogP contribution in [0.25, 0.3) is 0 Å². The van der Waals surface area contributed by atoms with Crippen LogP contribution < -0.4 is 24.4 Å². The lowest BCUT2D eigenvalue weighted by molar-refractivity contribution is -0.910. The third-order valence-corrected chi connectivity index (χ3v) is 5.36. The van der Waals surface area contributed by atoms with E-state index >= 15 is 0 Å². The molecule has 1 heterocycles. The smallest absolute Gasteiger partial charge is 0.296 e. The number of hydrogen-bond acceptors (Lipinski definition) is 6. The Kier molecular flexibility index (Phi) is 6.73. The Bertz CT molecular complexity index is 933. The average molecular weight is 416 g/mol. The van der Waals surface area contributed by atoms with Gasteiger partial charge in [-0.3, -0.25) is 14.9 Å². The van der Waals surface area contributed by atoms with E-state index < -0.39 is 4.92 Å². The summed E-state index contributed by atoms with van der Waals surface area (Å²) in [6.45, 7) is 1.01. The van der Waals surface area contributed by atoms with E-state index in [2.05, 4.69) is 5.32 Å². The first kappa shape index (κ1) is 21.4. The monoisotopic (exact) mass is 416 g/mol. The highest BCUT2D eigenvalue weighted by Gasteiger charge is 2.34. The Hall–Kier alpha value is -3.33. The number of quaternary nitrogens is 1. The molecule has 1 fully saturated rings. The highest BCUT2D eigenvalue weighted by molar-refractivity contribution is 5.93. The molecule has 0 spiro atoms. The van der Waals surface area contributed by atoms with E-state index in [0.29, 0.717) is 5.75 Å². The van der Waals surface area contributed by atoms with Crippen molar-refractivity contribution in [1.82, 2.24) is 0 Å². The third kappa shape index (κ3) is 4.62. The molecule has 0 aliphatic carbocycles. The summed E-state index contributed by atoms with van der Waals surface area (Å²) in [4.78, 5) is 24.6. The number of benzene rings is 2. The molecule has 0 saturated carbocycles. The number of likely N-dealkylation sites (tertiary alicyclic amines) is 1. The van der Waals surface area contributed by atoms with Gasteiger partial charge in [-0.1, -0.05) is 0 Å². The first-order chi connectivity index (χ1) is 14.5. The minimum absolute atomic E-state index is 0.0756. The summed E-state index contributed by atoms with van der Waals surface area (Å²) in [5.41, 5.74) is 0.942. The van der Waals surface area contributed by atoms with Gasteiger partial charge in [-0.15, -0.1) is 0 Å². The first-order valence-electron chi connectivity index (χ1n) is 9.65. The SMILES string of the molecule is COc1ccc(OC)c([C@H]2CCC[NH+]2CC(=O)Nc2ccc(OC)cc2[N+](=O)[O-])c1. The van der Waals surface area contributed by atoms with Gasteiger partial charge >= 0.3 is 0 Å². The van der Waals surface area contributed by atoms with E-state index in [0.717, 1.165) is 41.3 Å². The van der Waals surface area contributed by atoms with Crippen molar-refractivity contribution in [2.75, 3.05) is 39.7 Å². The van der Waals surface area contributed by atoms with E-state index in [1.807, 2.05) is 18.2 Å². The highest BCUT2D eigenvalue weighted by Crippen LogP contribution is 2.32. The van der Waals surface area contributed by atoms with Crippen molar-refractivity contribution in [2.24, 2.45) is 0 Å². The molecule has 0 aromatic heterocycles.